The molecule has 2 aromatic carbocycles. The number of anilines is 2. The molecule has 27 heavy (non-hydrogen) atoms. The van der Waals surface area contributed by atoms with Crippen LogP contribution in [0.1, 0.15) is 12.5 Å². The van der Waals surface area contributed by atoms with E-state index in [0.29, 0.717) is 32.6 Å². The van der Waals surface area contributed by atoms with Crippen LogP contribution in [-0.2, 0) is 4.79 Å². The molecule has 1 amide bonds. The summed E-state index contributed by atoms with van der Waals surface area (Å²) in [5.74, 6) is -0.0570. The molecule has 7 heteroatoms. The Balaban J connectivity index is 2.15. The van der Waals surface area contributed by atoms with Crippen molar-refractivity contribution >= 4 is 40.6 Å². The molecule has 3 N–H and O–H groups in total. The van der Waals surface area contributed by atoms with Gasteiger partial charge in [-0.15, -0.1) is 0 Å². The second kappa shape index (κ2) is 7.67. The van der Waals surface area contributed by atoms with Gasteiger partial charge in [-0.25, -0.2) is 4.98 Å². The number of amides is 1. The van der Waals surface area contributed by atoms with Gasteiger partial charge in [0.25, 0.3) is 0 Å². The lowest BCUT2D eigenvalue weighted by Gasteiger charge is -2.12. The molecule has 0 fully saturated rings. The Hall–Kier alpha value is -3.07. The van der Waals surface area contributed by atoms with Crippen LogP contribution < -0.4 is 11.1 Å². The van der Waals surface area contributed by atoms with Crippen molar-refractivity contribution in [3.05, 3.63) is 64.1 Å². The summed E-state index contributed by atoms with van der Waals surface area (Å²) in [5.41, 5.74) is 9.46. The normalized spacial score (nSPS) is 10.3. The minimum Gasteiger partial charge on any atom is -0.383 e. The Kier molecular flexibility index (Phi) is 5.31. The van der Waals surface area contributed by atoms with E-state index in [4.69, 9.17) is 28.9 Å². The summed E-state index contributed by atoms with van der Waals surface area (Å²) in [5, 5.41) is 13.2. The summed E-state index contributed by atoms with van der Waals surface area (Å²) >= 11 is 12.4. The van der Waals surface area contributed by atoms with Crippen LogP contribution in [0.3, 0.4) is 0 Å². The van der Waals surface area contributed by atoms with E-state index in [-0.39, 0.29) is 17.3 Å². The fraction of sp³-hybridized carbons (Fsp3) is 0.0500. The fourth-order valence-corrected chi connectivity index (χ4v) is 3.06. The minimum absolute atomic E-state index is 0.104. The predicted octanol–water partition coefficient (Wildman–Crippen LogP) is 5.13. The van der Waals surface area contributed by atoms with Gasteiger partial charge in [0.2, 0.25) is 5.91 Å². The van der Waals surface area contributed by atoms with E-state index in [1.54, 1.807) is 48.5 Å². The topological polar surface area (TPSA) is 91.8 Å². The van der Waals surface area contributed by atoms with Gasteiger partial charge >= 0.3 is 0 Å². The molecular weight excluding hydrogens is 383 g/mol. The maximum Gasteiger partial charge on any atom is 0.221 e. The first-order valence-electron chi connectivity index (χ1n) is 7.93. The number of nitriles is 1. The number of carbonyl (C=O) groups excluding carboxylic acids is 1. The third-order valence-electron chi connectivity index (χ3n) is 3.88. The Labute approximate surface area is 166 Å². The van der Waals surface area contributed by atoms with Crippen LogP contribution in [0.5, 0.6) is 0 Å². The van der Waals surface area contributed by atoms with Gasteiger partial charge in [0.05, 0.1) is 10.7 Å². The molecule has 0 aliphatic rings. The van der Waals surface area contributed by atoms with Gasteiger partial charge in [-0.1, -0.05) is 35.3 Å². The van der Waals surface area contributed by atoms with Crippen LogP contribution in [0.15, 0.2) is 48.5 Å². The van der Waals surface area contributed by atoms with E-state index >= 15 is 0 Å². The number of rotatable bonds is 3. The van der Waals surface area contributed by atoms with Crippen molar-refractivity contribution in [2.45, 2.75) is 6.92 Å². The van der Waals surface area contributed by atoms with Crippen molar-refractivity contribution in [2.24, 2.45) is 0 Å². The monoisotopic (exact) mass is 396 g/mol. The highest BCUT2D eigenvalue weighted by Crippen LogP contribution is 2.35. The largest absolute Gasteiger partial charge is 0.383 e. The Bertz CT molecular complexity index is 1070. The van der Waals surface area contributed by atoms with Gasteiger partial charge in [-0.3, -0.25) is 4.79 Å². The summed E-state index contributed by atoms with van der Waals surface area (Å²) in [6, 6.07) is 16.0. The average Bonchev–Trinajstić information content (AvgIpc) is 2.63. The predicted molar refractivity (Wildman–Crippen MR) is 109 cm³/mol. The number of nitrogens with two attached hydrogens (primary N) is 1. The number of nitrogens with zero attached hydrogens (tertiary/aromatic N) is 2. The number of hydrogen-bond donors (Lipinski definition) is 2. The SMILES string of the molecule is CC(=O)Nc1ccc(-c2cc(-c3cc(Cl)ccc3Cl)nc(N)c2C#N)cc1. The van der Waals surface area contributed by atoms with E-state index in [1.807, 2.05) is 0 Å². The number of carbonyl (C=O) groups is 1. The lowest BCUT2D eigenvalue weighted by atomic mass is 9.98. The van der Waals surface area contributed by atoms with E-state index in [9.17, 15) is 10.1 Å². The molecule has 0 saturated heterocycles. The molecule has 0 saturated carbocycles. The van der Waals surface area contributed by atoms with E-state index in [2.05, 4.69) is 16.4 Å². The zero-order valence-electron chi connectivity index (χ0n) is 14.3. The Morgan fingerprint density at radius 1 is 1.11 bits per heavy atom. The molecular formula is C20H14Cl2N4O. The van der Waals surface area contributed by atoms with Crippen LogP contribution >= 0.6 is 23.2 Å². The fourth-order valence-electron chi connectivity index (χ4n) is 2.68. The Morgan fingerprint density at radius 2 is 1.81 bits per heavy atom. The molecule has 0 radical (unpaired) electrons. The number of pyridine rings is 1. The molecule has 5 nitrogen and oxygen atoms in total. The summed E-state index contributed by atoms with van der Waals surface area (Å²) in [6.45, 7) is 1.44. The van der Waals surface area contributed by atoms with Crippen LogP contribution in [-0.4, -0.2) is 10.9 Å². The number of nitrogens with one attached hydrogen (secondary N) is 1. The first-order chi connectivity index (χ1) is 12.9. The molecule has 134 valence electrons. The summed E-state index contributed by atoms with van der Waals surface area (Å²) in [7, 11) is 0. The van der Waals surface area contributed by atoms with E-state index < -0.39 is 0 Å². The molecule has 0 unspecified atom stereocenters. The van der Waals surface area contributed by atoms with Crippen molar-refractivity contribution in [3.63, 3.8) is 0 Å². The van der Waals surface area contributed by atoms with Crippen LogP contribution in [0, 0.1) is 11.3 Å². The second-order valence-electron chi connectivity index (χ2n) is 5.81. The minimum atomic E-state index is -0.161. The molecule has 0 aliphatic heterocycles. The van der Waals surface area contributed by atoms with Crippen molar-refractivity contribution in [1.82, 2.24) is 4.98 Å². The van der Waals surface area contributed by atoms with Crippen molar-refractivity contribution in [2.75, 3.05) is 11.1 Å². The number of hydrogen-bond acceptors (Lipinski definition) is 4. The second-order valence-corrected chi connectivity index (χ2v) is 6.65. The highest BCUT2D eigenvalue weighted by molar-refractivity contribution is 6.35. The standard InChI is InChI=1S/C20H14Cl2N4O/c1-11(27)25-14-5-2-12(3-6-14)15-9-19(26-20(24)17(15)10-23)16-8-13(21)4-7-18(16)22/h2-9H,1H3,(H2,24,26)(H,25,27). The number of halogens is 2. The molecule has 3 rings (SSSR count). The third kappa shape index (κ3) is 4.03. The molecule has 0 spiro atoms. The van der Waals surface area contributed by atoms with E-state index in [1.165, 1.54) is 6.92 Å². The summed E-state index contributed by atoms with van der Waals surface area (Å²) < 4.78 is 0. The third-order valence-corrected chi connectivity index (χ3v) is 4.44. The quantitative estimate of drug-likeness (QED) is 0.641. The van der Waals surface area contributed by atoms with Crippen molar-refractivity contribution < 1.29 is 4.79 Å². The van der Waals surface area contributed by atoms with Gasteiger partial charge in [-0.2, -0.15) is 5.26 Å². The first-order valence-corrected chi connectivity index (χ1v) is 8.68. The zero-order chi connectivity index (χ0) is 19.6. The van der Waals surface area contributed by atoms with Gasteiger partial charge in [0.1, 0.15) is 17.5 Å². The molecule has 1 heterocycles. The first kappa shape index (κ1) is 18.7. The lowest BCUT2D eigenvalue weighted by molar-refractivity contribution is -0.114. The zero-order valence-corrected chi connectivity index (χ0v) is 15.8. The Morgan fingerprint density at radius 3 is 2.44 bits per heavy atom. The highest BCUT2D eigenvalue weighted by Gasteiger charge is 2.15. The molecule has 1 aromatic heterocycles. The van der Waals surface area contributed by atoms with Gasteiger partial charge in [0.15, 0.2) is 0 Å². The van der Waals surface area contributed by atoms with E-state index in [0.717, 1.165) is 5.56 Å². The van der Waals surface area contributed by atoms with Crippen LogP contribution in [0.2, 0.25) is 10.0 Å². The van der Waals surface area contributed by atoms with Crippen LogP contribution in [0.25, 0.3) is 22.4 Å². The van der Waals surface area contributed by atoms with Crippen LogP contribution in [0.4, 0.5) is 11.5 Å². The summed E-state index contributed by atoms with van der Waals surface area (Å²) in [6.07, 6.45) is 0. The number of nitrogen functional groups attached to an aromatic ring is 1. The number of aromatic nitrogens is 1. The summed E-state index contributed by atoms with van der Waals surface area (Å²) in [4.78, 5) is 15.5. The molecule has 3 aromatic rings. The number of benzene rings is 2. The van der Waals surface area contributed by atoms with Crippen molar-refractivity contribution in [1.29, 1.82) is 5.26 Å². The van der Waals surface area contributed by atoms with Crippen molar-refractivity contribution in [3.8, 4) is 28.5 Å². The smallest absolute Gasteiger partial charge is 0.221 e. The maximum atomic E-state index is 11.2. The highest BCUT2D eigenvalue weighted by atomic mass is 35.5. The van der Waals surface area contributed by atoms with Gasteiger partial charge < -0.3 is 11.1 Å². The van der Waals surface area contributed by atoms with Gasteiger partial charge in [-0.05, 0) is 42.0 Å². The average molecular weight is 397 g/mol. The lowest BCUT2D eigenvalue weighted by Crippen LogP contribution is -2.05. The molecule has 0 bridgehead atoms. The molecule has 0 aliphatic carbocycles. The maximum absolute atomic E-state index is 11.2. The molecule has 0 atom stereocenters. The van der Waals surface area contributed by atoms with Gasteiger partial charge in [0, 0.05) is 28.8 Å².